The van der Waals surface area contributed by atoms with Crippen LogP contribution in [0.4, 0.5) is 11.6 Å². The monoisotopic (exact) mass is 459 g/mol. The number of anilines is 2. The molecule has 176 valence electrons. The maximum atomic E-state index is 13.0. The average molecular weight is 460 g/mol. The molecule has 0 fully saturated rings. The van der Waals surface area contributed by atoms with Gasteiger partial charge in [-0.3, -0.25) is 13.9 Å². The summed E-state index contributed by atoms with van der Waals surface area (Å²) in [6, 6.07) is 18.2. The summed E-state index contributed by atoms with van der Waals surface area (Å²) >= 11 is 0. The predicted molar refractivity (Wildman–Crippen MR) is 137 cm³/mol. The number of rotatable bonds is 8. The molecule has 0 atom stereocenters. The largest absolute Gasteiger partial charge is 0.378 e. The molecule has 0 bridgehead atoms. The Labute approximate surface area is 197 Å². The average Bonchev–Trinajstić information content (AvgIpc) is 3.21. The molecule has 1 N–H and O–H groups in total. The first-order chi connectivity index (χ1) is 16.4. The van der Waals surface area contributed by atoms with Crippen molar-refractivity contribution in [1.29, 1.82) is 0 Å². The van der Waals surface area contributed by atoms with Crippen molar-refractivity contribution in [2.45, 2.75) is 19.4 Å². The van der Waals surface area contributed by atoms with Crippen molar-refractivity contribution in [1.82, 2.24) is 18.7 Å². The lowest BCUT2D eigenvalue weighted by Gasteiger charge is -2.11. The number of hydrazone groups is 1. The molecule has 0 aliphatic rings. The molecular weight excluding hydrogens is 430 g/mol. The number of hydrogen-bond donors (Lipinski definition) is 1. The van der Waals surface area contributed by atoms with Gasteiger partial charge in [0.05, 0.1) is 6.21 Å². The molecule has 2 aromatic heterocycles. The van der Waals surface area contributed by atoms with Crippen LogP contribution >= 0.6 is 0 Å². The van der Waals surface area contributed by atoms with Crippen molar-refractivity contribution in [2.24, 2.45) is 19.2 Å². The van der Waals surface area contributed by atoms with Crippen LogP contribution in [0.25, 0.3) is 11.2 Å². The first-order valence-corrected chi connectivity index (χ1v) is 11.1. The highest BCUT2D eigenvalue weighted by Crippen LogP contribution is 2.17. The molecule has 4 aromatic rings. The van der Waals surface area contributed by atoms with Crippen LogP contribution in [0.5, 0.6) is 0 Å². The minimum Gasteiger partial charge on any atom is -0.378 e. The molecule has 9 heteroatoms. The van der Waals surface area contributed by atoms with E-state index in [2.05, 4.69) is 27.6 Å². The fraction of sp³-hybridized carbons (Fsp3) is 0.280. The van der Waals surface area contributed by atoms with Crippen LogP contribution in [-0.4, -0.2) is 39.0 Å². The van der Waals surface area contributed by atoms with Crippen molar-refractivity contribution in [3.63, 3.8) is 0 Å². The zero-order valence-electron chi connectivity index (χ0n) is 19.9. The molecule has 0 unspecified atom stereocenters. The Balaban J connectivity index is 1.64. The summed E-state index contributed by atoms with van der Waals surface area (Å²) in [5, 5.41) is 4.34. The van der Waals surface area contributed by atoms with E-state index < -0.39 is 5.69 Å². The molecule has 0 radical (unpaired) electrons. The topological polar surface area (TPSA) is 89.5 Å². The molecule has 2 aromatic carbocycles. The molecule has 0 spiro atoms. The second-order valence-electron chi connectivity index (χ2n) is 8.41. The van der Waals surface area contributed by atoms with Crippen LogP contribution in [0.1, 0.15) is 17.5 Å². The van der Waals surface area contributed by atoms with Crippen LogP contribution in [0, 0.1) is 0 Å². The second-order valence-corrected chi connectivity index (χ2v) is 8.41. The molecule has 0 amide bonds. The number of aryl methyl sites for hydroxylation is 3. The summed E-state index contributed by atoms with van der Waals surface area (Å²) in [6.45, 7) is 0.550. The van der Waals surface area contributed by atoms with E-state index in [0.717, 1.165) is 28.7 Å². The normalized spacial score (nSPS) is 11.4. The molecule has 0 saturated heterocycles. The van der Waals surface area contributed by atoms with Gasteiger partial charge in [-0.05, 0) is 36.1 Å². The van der Waals surface area contributed by atoms with Crippen LogP contribution in [0.3, 0.4) is 0 Å². The standard InChI is InChI=1S/C25H29N7O2/c1-29(2)20-14-12-19(13-15-20)17-26-28-24-27-22-21(23(33)31(4)25(34)30(22)3)32(24)16-8-11-18-9-6-5-7-10-18/h5-7,9-10,12-15,17H,8,11,16H2,1-4H3,(H,27,28)/b26-17-. The summed E-state index contributed by atoms with van der Waals surface area (Å²) in [6.07, 6.45) is 3.35. The van der Waals surface area contributed by atoms with Crippen LogP contribution in [0.15, 0.2) is 69.3 Å². The second kappa shape index (κ2) is 9.78. The van der Waals surface area contributed by atoms with Crippen molar-refractivity contribution in [2.75, 3.05) is 24.4 Å². The molecule has 0 saturated carbocycles. The van der Waals surface area contributed by atoms with E-state index in [4.69, 9.17) is 0 Å². The van der Waals surface area contributed by atoms with Gasteiger partial charge in [0, 0.05) is 40.4 Å². The predicted octanol–water partition coefficient (Wildman–Crippen LogP) is 2.58. The molecule has 34 heavy (non-hydrogen) atoms. The molecule has 2 heterocycles. The zero-order valence-corrected chi connectivity index (χ0v) is 19.9. The van der Waals surface area contributed by atoms with Crippen LogP contribution in [-0.2, 0) is 27.1 Å². The number of hydrogen-bond acceptors (Lipinski definition) is 6. The Morgan fingerprint density at radius 1 is 1.00 bits per heavy atom. The SMILES string of the molecule is CN(C)c1ccc(/C=N\Nc2nc3c(c(=O)n(C)c(=O)n3C)n2CCCc2ccccc2)cc1. The van der Waals surface area contributed by atoms with Gasteiger partial charge in [0.2, 0.25) is 5.95 Å². The number of benzene rings is 2. The van der Waals surface area contributed by atoms with Crippen LogP contribution in [0.2, 0.25) is 0 Å². The fourth-order valence-corrected chi connectivity index (χ4v) is 3.86. The van der Waals surface area contributed by atoms with Crippen molar-refractivity contribution in [3.8, 4) is 0 Å². The van der Waals surface area contributed by atoms with Crippen molar-refractivity contribution >= 4 is 29.0 Å². The minimum absolute atomic E-state index is 0.334. The Hall–Kier alpha value is -4.14. The number of nitrogens with zero attached hydrogens (tertiary/aromatic N) is 6. The van der Waals surface area contributed by atoms with E-state index in [9.17, 15) is 9.59 Å². The lowest BCUT2D eigenvalue weighted by molar-refractivity contribution is 0.651. The van der Waals surface area contributed by atoms with Gasteiger partial charge in [-0.15, -0.1) is 0 Å². The lowest BCUT2D eigenvalue weighted by atomic mass is 10.1. The summed E-state index contributed by atoms with van der Waals surface area (Å²) in [5.74, 6) is 0.419. The van der Waals surface area contributed by atoms with E-state index in [-0.39, 0.29) is 5.56 Å². The van der Waals surface area contributed by atoms with Gasteiger partial charge in [0.15, 0.2) is 11.2 Å². The maximum absolute atomic E-state index is 13.0. The van der Waals surface area contributed by atoms with E-state index >= 15 is 0 Å². The Morgan fingerprint density at radius 3 is 2.38 bits per heavy atom. The van der Waals surface area contributed by atoms with E-state index in [0.29, 0.717) is 23.7 Å². The van der Waals surface area contributed by atoms with Crippen molar-refractivity contribution < 1.29 is 0 Å². The minimum atomic E-state index is -0.414. The lowest BCUT2D eigenvalue weighted by Crippen LogP contribution is -2.37. The van der Waals surface area contributed by atoms with Crippen molar-refractivity contribution in [3.05, 3.63) is 86.6 Å². The molecule has 4 rings (SSSR count). The third-order valence-corrected chi connectivity index (χ3v) is 5.83. The first-order valence-electron chi connectivity index (χ1n) is 11.1. The fourth-order valence-electron chi connectivity index (χ4n) is 3.86. The molecule has 9 nitrogen and oxygen atoms in total. The van der Waals surface area contributed by atoms with E-state index in [1.54, 1.807) is 13.3 Å². The van der Waals surface area contributed by atoms with Gasteiger partial charge >= 0.3 is 5.69 Å². The first kappa shape index (κ1) is 23.0. The number of nitrogens with one attached hydrogen (secondary N) is 1. The molecule has 0 aliphatic carbocycles. The highest BCUT2D eigenvalue weighted by molar-refractivity contribution is 5.81. The van der Waals surface area contributed by atoms with Gasteiger partial charge in [0.25, 0.3) is 5.56 Å². The Bertz CT molecular complexity index is 1430. The summed E-state index contributed by atoms with van der Waals surface area (Å²) in [7, 11) is 7.08. The molecule has 0 aliphatic heterocycles. The highest BCUT2D eigenvalue weighted by Gasteiger charge is 2.18. The quantitative estimate of drug-likeness (QED) is 0.323. The van der Waals surface area contributed by atoms with Gasteiger partial charge in [0.1, 0.15) is 0 Å². The Kier molecular flexibility index (Phi) is 6.62. The van der Waals surface area contributed by atoms with Gasteiger partial charge < -0.3 is 9.47 Å². The van der Waals surface area contributed by atoms with E-state index in [1.165, 1.54) is 17.2 Å². The number of aromatic nitrogens is 4. The smallest absolute Gasteiger partial charge is 0.332 e. The maximum Gasteiger partial charge on any atom is 0.332 e. The van der Waals surface area contributed by atoms with Crippen LogP contribution < -0.4 is 21.6 Å². The zero-order chi connectivity index (χ0) is 24.2. The van der Waals surface area contributed by atoms with Gasteiger partial charge in [-0.25, -0.2) is 10.2 Å². The van der Waals surface area contributed by atoms with E-state index in [1.807, 2.05) is 66.0 Å². The highest BCUT2D eigenvalue weighted by atomic mass is 16.2. The number of imidazole rings is 1. The third kappa shape index (κ3) is 4.63. The Morgan fingerprint density at radius 2 is 1.71 bits per heavy atom. The summed E-state index contributed by atoms with van der Waals surface area (Å²) in [4.78, 5) is 32.0. The number of fused-ring (bicyclic) bond motifs is 1. The third-order valence-electron chi connectivity index (χ3n) is 5.83. The summed E-state index contributed by atoms with van der Waals surface area (Å²) < 4.78 is 4.31. The van der Waals surface area contributed by atoms with Gasteiger partial charge in [-0.1, -0.05) is 42.5 Å². The molecular formula is C25H29N7O2. The van der Waals surface area contributed by atoms with Gasteiger partial charge in [-0.2, -0.15) is 10.1 Å². The summed E-state index contributed by atoms with van der Waals surface area (Å²) in [5.41, 5.74) is 6.15.